The van der Waals surface area contributed by atoms with Crippen molar-refractivity contribution in [3.63, 3.8) is 0 Å². The molecular formula is C15H18FN3O. The van der Waals surface area contributed by atoms with Crippen LogP contribution in [0.1, 0.15) is 37.1 Å². The van der Waals surface area contributed by atoms with Gasteiger partial charge in [0.2, 0.25) is 11.7 Å². The van der Waals surface area contributed by atoms with Gasteiger partial charge in [-0.25, -0.2) is 4.39 Å². The van der Waals surface area contributed by atoms with Crippen LogP contribution >= 0.6 is 0 Å². The fourth-order valence-corrected chi connectivity index (χ4v) is 2.87. The highest BCUT2D eigenvalue weighted by molar-refractivity contribution is 5.55. The average Bonchev–Trinajstić information content (AvgIpc) is 2.98. The maximum Gasteiger partial charge on any atom is 0.228 e. The summed E-state index contributed by atoms with van der Waals surface area (Å²) in [4.78, 5) is 4.35. The van der Waals surface area contributed by atoms with Crippen molar-refractivity contribution in [1.29, 1.82) is 0 Å². The predicted molar refractivity (Wildman–Crippen MR) is 73.5 cm³/mol. The maximum atomic E-state index is 13.4. The minimum absolute atomic E-state index is 0.221. The van der Waals surface area contributed by atoms with Gasteiger partial charge >= 0.3 is 0 Å². The minimum atomic E-state index is -0.294. The molecule has 106 valence electrons. The monoisotopic (exact) mass is 275 g/mol. The summed E-state index contributed by atoms with van der Waals surface area (Å²) >= 11 is 0. The van der Waals surface area contributed by atoms with Crippen molar-refractivity contribution >= 4 is 0 Å². The lowest BCUT2D eigenvalue weighted by Crippen LogP contribution is -2.38. The van der Waals surface area contributed by atoms with E-state index in [1.807, 2.05) is 13.0 Å². The molecule has 1 heterocycles. The summed E-state index contributed by atoms with van der Waals surface area (Å²) in [5.74, 6) is 0.660. The number of aromatic nitrogens is 2. The number of aryl methyl sites for hydroxylation is 1. The molecule has 0 radical (unpaired) electrons. The summed E-state index contributed by atoms with van der Waals surface area (Å²) < 4.78 is 18.7. The van der Waals surface area contributed by atoms with Gasteiger partial charge in [-0.2, -0.15) is 4.98 Å². The number of benzene rings is 1. The zero-order valence-electron chi connectivity index (χ0n) is 11.5. The van der Waals surface area contributed by atoms with Crippen LogP contribution in [-0.2, 0) is 6.42 Å². The molecule has 0 spiro atoms. The molecule has 0 unspecified atom stereocenters. The van der Waals surface area contributed by atoms with Crippen LogP contribution in [0.4, 0.5) is 4.39 Å². The Bertz CT molecular complexity index is 597. The molecule has 20 heavy (non-hydrogen) atoms. The van der Waals surface area contributed by atoms with Crippen LogP contribution in [0.3, 0.4) is 0 Å². The van der Waals surface area contributed by atoms with Gasteiger partial charge in [-0.15, -0.1) is 0 Å². The molecular weight excluding hydrogens is 257 g/mol. The molecule has 1 aromatic carbocycles. The molecule has 0 saturated heterocycles. The van der Waals surface area contributed by atoms with E-state index in [4.69, 9.17) is 10.3 Å². The third kappa shape index (κ3) is 2.72. The van der Waals surface area contributed by atoms with Gasteiger partial charge in [0.25, 0.3) is 0 Å². The molecule has 2 aromatic rings. The van der Waals surface area contributed by atoms with E-state index in [-0.39, 0.29) is 11.4 Å². The molecule has 4 nitrogen and oxygen atoms in total. The van der Waals surface area contributed by atoms with E-state index in [9.17, 15) is 4.39 Å². The number of rotatable bonds is 3. The van der Waals surface area contributed by atoms with Gasteiger partial charge in [-0.05, 0) is 43.5 Å². The molecule has 0 amide bonds. The second-order valence-electron chi connectivity index (χ2n) is 5.78. The van der Waals surface area contributed by atoms with Gasteiger partial charge in [0, 0.05) is 17.5 Å². The summed E-state index contributed by atoms with van der Waals surface area (Å²) in [7, 11) is 0. The first-order valence-electron chi connectivity index (χ1n) is 6.93. The molecule has 1 fully saturated rings. The Labute approximate surface area is 117 Å². The highest BCUT2D eigenvalue weighted by Gasteiger charge is 2.31. The van der Waals surface area contributed by atoms with Crippen LogP contribution in [0.25, 0.3) is 11.4 Å². The number of hydrogen-bond donors (Lipinski definition) is 1. The smallest absolute Gasteiger partial charge is 0.228 e. The van der Waals surface area contributed by atoms with Crippen molar-refractivity contribution in [3.8, 4) is 11.4 Å². The summed E-state index contributed by atoms with van der Waals surface area (Å²) in [6.45, 7) is 1.83. The molecule has 3 rings (SSSR count). The number of nitrogens with zero attached hydrogens (tertiary/aromatic N) is 2. The van der Waals surface area contributed by atoms with Crippen molar-refractivity contribution in [3.05, 3.63) is 35.5 Å². The highest BCUT2D eigenvalue weighted by atomic mass is 19.1. The van der Waals surface area contributed by atoms with Gasteiger partial charge in [-0.3, -0.25) is 0 Å². The number of nitrogens with two attached hydrogens (primary N) is 1. The Morgan fingerprint density at radius 3 is 2.75 bits per heavy atom. The van der Waals surface area contributed by atoms with E-state index in [1.54, 1.807) is 0 Å². The Hall–Kier alpha value is -1.75. The van der Waals surface area contributed by atoms with Crippen LogP contribution in [0.5, 0.6) is 0 Å². The molecule has 0 aliphatic heterocycles. The van der Waals surface area contributed by atoms with Crippen LogP contribution in [0.15, 0.2) is 22.7 Å². The molecule has 1 aromatic heterocycles. The number of halogens is 1. The van der Waals surface area contributed by atoms with E-state index < -0.39 is 0 Å². The van der Waals surface area contributed by atoms with Gasteiger partial charge in [0.15, 0.2) is 0 Å². The summed E-state index contributed by atoms with van der Waals surface area (Å²) in [6, 6.07) is 4.72. The lowest BCUT2D eigenvalue weighted by atomic mass is 9.95. The van der Waals surface area contributed by atoms with Crippen molar-refractivity contribution in [1.82, 2.24) is 10.1 Å². The van der Waals surface area contributed by atoms with E-state index in [0.717, 1.165) is 31.2 Å². The fraction of sp³-hybridized carbons (Fsp3) is 0.467. The molecule has 1 saturated carbocycles. The van der Waals surface area contributed by atoms with Crippen molar-refractivity contribution in [2.24, 2.45) is 5.73 Å². The SMILES string of the molecule is Cc1cc(F)cc(-c2noc(CC3(N)CCCC3)n2)c1. The highest BCUT2D eigenvalue weighted by Crippen LogP contribution is 2.30. The predicted octanol–water partition coefficient (Wildman–Crippen LogP) is 3.00. The normalized spacial score (nSPS) is 17.6. The lowest BCUT2D eigenvalue weighted by molar-refractivity contribution is 0.329. The molecule has 0 atom stereocenters. The first kappa shape index (κ1) is 13.2. The summed E-state index contributed by atoms with van der Waals surface area (Å²) in [6.07, 6.45) is 4.88. The quantitative estimate of drug-likeness (QED) is 0.935. The third-order valence-electron chi connectivity index (χ3n) is 3.87. The minimum Gasteiger partial charge on any atom is -0.339 e. The van der Waals surface area contributed by atoms with E-state index >= 15 is 0 Å². The first-order valence-corrected chi connectivity index (χ1v) is 6.93. The van der Waals surface area contributed by atoms with Gasteiger partial charge in [-0.1, -0.05) is 18.0 Å². The molecule has 0 bridgehead atoms. The average molecular weight is 275 g/mol. The second-order valence-corrected chi connectivity index (χ2v) is 5.78. The third-order valence-corrected chi connectivity index (χ3v) is 3.87. The Morgan fingerprint density at radius 2 is 2.05 bits per heavy atom. The first-order chi connectivity index (χ1) is 9.54. The zero-order chi connectivity index (χ0) is 14.2. The van der Waals surface area contributed by atoms with Crippen LogP contribution in [-0.4, -0.2) is 15.7 Å². The van der Waals surface area contributed by atoms with E-state index in [1.165, 1.54) is 12.1 Å². The Balaban J connectivity index is 1.82. The Morgan fingerprint density at radius 1 is 1.30 bits per heavy atom. The van der Waals surface area contributed by atoms with Crippen LogP contribution in [0.2, 0.25) is 0 Å². The maximum absolute atomic E-state index is 13.4. The lowest BCUT2D eigenvalue weighted by Gasteiger charge is -2.20. The standard InChI is InChI=1S/C15H18FN3O/c1-10-6-11(8-12(16)7-10)14-18-13(20-19-14)9-15(17)4-2-3-5-15/h6-8H,2-5,9,17H2,1H3. The molecule has 1 aliphatic carbocycles. The summed E-state index contributed by atoms with van der Waals surface area (Å²) in [5, 5.41) is 3.93. The van der Waals surface area contributed by atoms with E-state index in [0.29, 0.717) is 23.7 Å². The van der Waals surface area contributed by atoms with Crippen LogP contribution < -0.4 is 5.73 Å². The van der Waals surface area contributed by atoms with Crippen molar-refractivity contribution in [2.75, 3.05) is 0 Å². The summed E-state index contributed by atoms with van der Waals surface area (Å²) in [5.41, 5.74) is 7.54. The van der Waals surface area contributed by atoms with Gasteiger partial charge in [0.1, 0.15) is 5.82 Å². The van der Waals surface area contributed by atoms with Crippen LogP contribution in [0, 0.1) is 12.7 Å². The Kier molecular flexibility index (Phi) is 3.30. The van der Waals surface area contributed by atoms with Crippen molar-refractivity contribution in [2.45, 2.75) is 44.6 Å². The number of hydrogen-bond acceptors (Lipinski definition) is 4. The molecule has 2 N–H and O–H groups in total. The van der Waals surface area contributed by atoms with Crippen molar-refractivity contribution < 1.29 is 8.91 Å². The molecule has 5 heteroatoms. The molecule has 1 aliphatic rings. The fourth-order valence-electron chi connectivity index (χ4n) is 2.87. The van der Waals surface area contributed by atoms with E-state index in [2.05, 4.69) is 10.1 Å². The second kappa shape index (κ2) is 4.98. The topological polar surface area (TPSA) is 64.9 Å². The van der Waals surface area contributed by atoms with Gasteiger partial charge < -0.3 is 10.3 Å². The zero-order valence-corrected chi connectivity index (χ0v) is 11.5. The largest absolute Gasteiger partial charge is 0.339 e. The van der Waals surface area contributed by atoms with Gasteiger partial charge in [0.05, 0.1) is 0 Å².